The smallest absolute Gasteiger partial charge is 0.307 e. The lowest BCUT2D eigenvalue weighted by molar-refractivity contribution is 0.256. The molecule has 2 N–H and O–H groups in total. The minimum absolute atomic E-state index is 0.0708. The van der Waals surface area contributed by atoms with Gasteiger partial charge in [-0.25, -0.2) is 17.9 Å². The van der Waals surface area contributed by atoms with Gasteiger partial charge in [-0.1, -0.05) is 45.4 Å². The number of fused-ring (bicyclic) bond motifs is 1. The minimum Gasteiger partial charge on any atom is -0.307 e. The van der Waals surface area contributed by atoms with Crippen LogP contribution in [0.3, 0.4) is 0 Å². The van der Waals surface area contributed by atoms with E-state index in [0.717, 1.165) is 11.1 Å². The molecule has 0 bridgehead atoms. The summed E-state index contributed by atoms with van der Waals surface area (Å²) in [6, 6.07) is 7.29. The van der Waals surface area contributed by atoms with Gasteiger partial charge in [0.2, 0.25) is 0 Å². The van der Waals surface area contributed by atoms with Gasteiger partial charge in [0.1, 0.15) is 10.4 Å². The molecule has 30 heavy (non-hydrogen) atoms. The second-order valence-corrected chi connectivity index (χ2v) is 9.60. The van der Waals surface area contributed by atoms with E-state index in [4.69, 9.17) is 11.6 Å². The van der Waals surface area contributed by atoms with E-state index in [1.165, 1.54) is 18.5 Å². The Morgan fingerprint density at radius 1 is 1.00 bits per heavy atom. The maximum Gasteiger partial charge on any atom is 0.333 e. The van der Waals surface area contributed by atoms with Gasteiger partial charge in [-0.2, -0.15) is 0 Å². The molecular weight excluding hydrogens is 424 g/mol. The van der Waals surface area contributed by atoms with E-state index in [-0.39, 0.29) is 22.2 Å². The van der Waals surface area contributed by atoms with Crippen molar-refractivity contribution >= 4 is 44.4 Å². The Kier molecular flexibility index (Phi) is 6.28. The third kappa shape index (κ3) is 4.55. The zero-order valence-electron chi connectivity index (χ0n) is 17.1. The molecule has 3 aromatic rings. The number of hydrogen-bond acceptors (Lipinski definition) is 5. The lowest BCUT2D eigenvalue weighted by Gasteiger charge is -2.21. The van der Waals surface area contributed by atoms with Crippen molar-refractivity contribution in [2.75, 3.05) is 5.32 Å². The molecule has 9 heteroatoms. The summed E-state index contributed by atoms with van der Waals surface area (Å²) in [5.41, 5.74) is 2.83. The number of urea groups is 1. The molecule has 0 atom stereocenters. The Labute approximate surface area is 180 Å². The molecule has 0 radical (unpaired) electrons. The van der Waals surface area contributed by atoms with Crippen molar-refractivity contribution in [2.24, 2.45) is 0 Å². The molecular formula is C21H23ClN4O3S. The third-order valence-corrected chi connectivity index (χ3v) is 6.21. The van der Waals surface area contributed by atoms with Crippen LogP contribution < -0.4 is 10.0 Å². The first kappa shape index (κ1) is 22.0. The molecule has 2 aromatic carbocycles. The average Bonchev–Trinajstić information content (AvgIpc) is 2.67. The highest BCUT2D eigenvalue weighted by Gasteiger charge is 2.23. The van der Waals surface area contributed by atoms with E-state index in [1.807, 2.05) is 27.7 Å². The molecule has 3 rings (SSSR count). The van der Waals surface area contributed by atoms with Crippen molar-refractivity contribution in [1.82, 2.24) is 14.7 Å². The Bertz CT molecular complexity index is 1180. The Hall–Kier alpha value is -2.71. The van der Waals surface area contributed by atoms with Gasteiger partial charge in [0.25, 0.3) is 10.0 Å². The highest BCUT2D eigenvalue weighted by Crippen LogP contribution is 2.35. The maximum atomic E-state index is 12.9. The quantitative estimate of drug-likeness (QED) is 0.571. The summed E-state index contributed by atoms with van der Waals surface area (Å²) in [4.78, 5) is 20.8. The number of aromatic nitrogens is 2. The van der Waals surface area contributed by atoms with Crippen LogP contribution >= 0.6 is 11.6 Å². The fourth-order valence-corrected chi connectivity index (χ4v) is 4.51. The van der Waals surface area contributed by atoms with Crippen LogP contribution in [-0.4, -0.2) is 24.4 Å². The zero-order chi connectivity index (χ0) is 22.1. The fraction of sp³-hybridized carbons (Fsp3) is 0.286. The van der Waals surface area contributed by atoms with Gasteiger partial charge < -0.3 is 5.32 Å². The Morgan fingerprint density at radius 2 is 1.60 bits per heavy atom. The fourth-order valence-electron chi connectivity index (χ4n) is 3.20. The number of nitrogens with one attached hydrogen (secondary N) is 2. The molecule has 0 aliphatic heterocycles. The van der Waals surface area contributed by atoms with E-state index < -0.39 is 16.1 Å². The number of halogens is 1. The molecule has 1 heterocycles. The van der Waals surface area contributed by atoms with Gasteiger partial charge >= 0.3 is 6.03 Å². The Morgan fingerprint density at radius 3 is 2.20 bits per heavy atom. The van der Waals surface area contributed by atoms with Crippen LogP contribution in [0.4, 0.5) is 10.5 Å². The number of hydrogen-bond donors (Lipinski definition) is 2. The van der Waals surface area contributed by atoms with Crippen LogP contribution in [0.1, 0.15) is 50.7 Å². The molecule has 7 nitrogen and oxygen atoms in total. The largest absolute Gasteiger partial charge is 0.333 e. The SMILES string of the molecule is CC(C)c1cc(Cl)cc(C(C)C)c1NC(=O)NS(=O)(=O)c1cccc2nccnc12. The number of benzene rings is 2. The number of carbonyl (C=O) groups is 1. The summed E-state index contributed by atoms with van der Waals surface area (Å²) in [5, 5.41) is 3.28. The van der Waals surface area contributed by atoms with Crippen LogP contribution in [0, 0.1) is 0 Å². The highest BCUT2D eigenvalue weighted by molar-refractivity contribution is 7.90. The average molecular weight is 447 g/mol. The van der Waals surface area contributed by atoms with E-state index in [0.29, 0.717) is 16.2 Å². The lowest BCUT2D eigenvalue weighted by Crippen LogP contribution is -2.35. The summed E-state index contributed by atoms with van der Waals surface area (Å²) in [6.07, 6.45) is 2.87. The van der Waals surface area contributed by atoms with Crippen molar-refractivity contribution in [1.29, 1.82) is 0 Å². The Balaban J connectivity index is 1.96. The number of sulfonamides is 1. The predicted molar refractivity (Wildman–Crippen MR) is 119 cm³/mol. The standard InChI is InChI=1S/C21H23ClN4O3S/c1-12(2)15-10-14(22)11-16(13(3)4)19(15)25-21(27)26-30(28,29)18-7-5-6-17-20(18)24-9-8-23-17/h5-13H,1-4H3,(H2,25,26,27). The van der Waals surface area contributed by atoms with Crippen molar-refractivity contribution in [3.8, 4) is 0 Å². The summed E-state index contributed by atoms with van der Waals surface area (Å²) in [7, 11) is -4.17. The molecule has 0 aliphatic carbocycles. The summed E-state index contributed by atoms with van der Waals surface area (Å²) in [6.45, 7) is 7.91. The van der Waals surface area contributed by atoms with Gasteiger partial charge in [-0.15, -0.1) is 0 Å². The molecule has 0 saturated heterocycles. The molecule has 0 aliphatic rings. The summed E-state index contributed by atoms with van der Waals surface area (Å²) >= 11 is 6.25. The van der Waals surface area contributed by atoms with Crippen LogP contribution in [0.15, 0.2) is 47.6 Å². The number of rotatable bonds is 5. The number of amides is 2. The lowest BCUT2D eigenvalue weighted by atomic mass is 9.92. The first-order chi connectivity index (χ1) is 14.1. The van der Waals surface area contributed by atoms with Crippen LogP contribution in [-0.2, 0) is 10.0 Å². The van der Waals surface area contributed by atoms with Gasteiger partial charge in [0, 0.05) is 23.1 Å². The van der Waals surface area contributed by atoms with Gasteiger partial charge in [0.15, 0.2) is 0 Å². The summed E-state index contributed by atoms with van der Waals surface area (Å²) < 4.78 is 27.8. The zero-order valence-corrected chi connectivity index (χ0v) is 18.7. The van der Waals surface area contributed by atoms with Gasteiger partial charge in [0.05, 0.1) is 5.52 Å². The molecule has 2 amide bonds. The first-order valence-electron chi connectivity index (χ1n) is 9.47. The predicted octanol–water partition coefficient (Wildman–Crippen LogP) is 5.04. The topological polar surface area (TPSA) is 101 Å². The molecule has 0 fully saturated rings. The van der Waals surface area contributed by atoms with Crippen LogP contribution in [0.5, 0.6) is 0 Å². The van der Waals surface area contributed by atoms with E-state index in [1.54, 1.807) is 24.3 Å². The highest BCUT2D eigenvalue weighted by atomic mass is 35.5. The normalized spacial score (nSPS) is 11.8. The summed E-state index contributed by atoms with van der Waals surface area (Å²) in [5.74, 6) is 0.142. The molecule has 1 aromatic heterocycles. The van der Waals surface area contributed by atoms with E-state index in [2.05, 4.69) is 20.0 Å². The first-order valence-corrected chi connectivity index (χ1v) is 11.3. The molecule has 0 saturated carbocycles. The van der Waals surface area contributed by atoms with Gasteiger partial charge in [-0.05, 0) is 47.2 Å². The molecule has 0 spiro atoms. The maximum absolute atomic E-state index is 12.9. The minimum atomic E-state index is -4.17. The third-order valence-electron chi connectivity index (χ3n) is 4.62. The molecule has 0 unspecified atom stereocenters. The monoisotopic (exact) mass is 446 g/mol. The van der Waals surface area contributed by atoms with Crippen molar-refractivity contribution in [3.63, 3.8) is 0 Å². The number of nitrogens with zero attached hydrogens (tertiary/aromatic N) is 2. The number of carbonyl (C=O) groups excluding carboxylic acids is 1. The van der Waals surface area contributed by atoms with Crippen molar-refractivity contribution in [3.05, 3.63) is 58.9 Å². The van der Waals surface area contributed by atoms with E-state index >= 15 is 0 Å². The molecule has 158 valence electrons. The van der Waals surface area contributed by atoms with E-state index in [9.17, 15) is 13.2 Å². The van der Waals surface area contributed by atoms with Crippen LogP contribution in [0.2, 0.25) is 5.02 Å². The second-order valence-electron chi connectivity index (χ2n) is 7.51. The van der Waals surface area contributed by atoms with Crippen molar-refractivity contribution < 1.29 is 13.2 Å². The van der Waals surface area contributed by atoms with Crippen molar-refractivity contribution in [2.45, 2.75) is 44.4 Å². The second kappa shape index (κ2) is 8.57. The number of para-hydroxylation sites is 1. The number of anilines is 1. The van der Waals surface area contributed by atoms with Crippen LogP contribution in [0.25, 0.3) is 11.0 Å². The van der Waals surface area contributed by atoms with Gasteiger partial charge in [-0.3, -0.25) is 9.97 Å².